The van der Waals surface area contributed by atoms with E-state index in [1.54, 1.807) is 6.26 Å². The van der Waals surface area contributed by atoms with Gasteiger partial charge >= 0.3 is 0 Å². The van der Waals surface area contributed by atoms with Gasteiger partial charge in [-0.1, -0.05) is 0 Å². The van der Waals surface area contributed by atoms with Gasteiger partial charge in [0.05, 0.1) is 19.5 Å². The lowest BCUT2D eigenvalue weighted by Gasteiger charge is -2.34. The zero-order valence-electron chi connectivity index (χ0n) is 9.12. The zero-order chi connectivity index (χ0) is 10.3. The first-order valence-corrected chi connectivity index (χ1v) is 5.31. The molecule has 0 bridgehead atoms. The quantitative estimate of drug-likeness (QED) is 0.657. The number of hydrogen-bond acceptors (Lipinski definition) is 3. The van der Waals surface area contributed by atoms with E-state index in [2.05, 4.69) is 0 Å². The lowest BCUT2D eigenvalue weighted by molar-refractivity contribution is -0.108. The van der Waals surface area contributed by atoms with Crippen molar-refractivity contribution in [3.05, 3.63) is 12.3 Å². The predicted octanol–water partition coefficient (Wildman–Crippen LogP) is 2.12. The first-order valence-electron chi connectivity index (χ1n) is 5.31. The molecule has 0 amide bonds. The molecule has 1 aliphatic rings. The largest absolute Gasteiger partial charge is 0.490 e. The van der Waals surface area contributed by atoms with Gasteiger partial charge in [-0.15, -0.1) is 0 Å². The van der Waals surface area contributed by atoms with Crippen LogP contribution in [0.15, 0.2) is 12.3 Å². The molecule has 0 aliphatic carbocycles. The highest BCUT2D eigenvalue weighted by Crippen LogP contribution is 2.24. The molecule has 1 heterocycles. The first kappa shape index (κ1) is 11.5. The second-order valence-electron chi connectivity index (χ2n) is 3.49. The molecule has 0 N–H and O–H groups in total. The van der Waals surface area contributed by atoms with Crippen LogP contribution in [0.2, 0.25) is 0 Å². The van der Waals surface area contributed by atoms with Gasteiger partial charge in [0.2, 0.25) is 0 Å². The fraction of sp³-hybridized carbons (Fsp3) is 0.818. The fourth-order valence-electron chi connectivity index (χ4n) is 1.50. The first-order chi connectivity index (χ1) is 6.83. The topological polar surface area (TPSA) is 27.7 Å². The van der Waals surface area contributed by atoms with Crippen LogP contribution in [0, 0.1) is 0 Å². The molecule has 0 atom stereocenters. The average molecular weight is 200 g/mol. The van der Waals surface area contributed by atoms with E-state index in [4.69, 9.17) is 14.2 Å². The van der Waals surface area contributed by atoms with E-state index in [0.29, 0.717) is 13.2 Å². The smallest absolute Gasteiger partial charge is 0.155 e. The SMILES string of the molecule is CCOCC1(COCC)CCC=CO1. The van der Waals surface area contributed by atoms with E-state index in [-0.39, 0.29) is 5.60 Å². The Labute approximate surface area is 86.0 Å². The molecule has 3 nitrogen and oxygen atoms in total. The second-order valence-corrected chi connectivity index (χ2v) is 3.49. The van der Waals surface area contributed by atoms with E-state index < -0.39 is 0 Å². The number of ether oxygens (including phenoxy) is 3. The summed E-state index contributed by atoms with van der Waals surface area (Å²) in [6.45, 7) is 6.67. The molecule has 82 valence electrons. The predicted molar refractivity (Wildman–Crippen MR) is 55.2 cm³/mol. The Morgan fingerprint density at radius 1 is 1.21 bits per heavy atom. The van der Waals surface area contributed by atoms with Gasteiger partial charge in [-0.2, -0.15) is 0 Å². The molecule has 0 fully saturated rings. The van der Waals surface area contributed by atoms with Crippen LogP contribution in [0.5, 0.6) is 0 Å². The molecule has 0 saturated heterocycles. The highest BCUT2D eigenvalue weighted by atomic mass is 16.6. The van der Waals surface area contributed by atoms with E-state index in [1.165, 1.54) is 0 Å². The Morgan fingerprint density at radius 2 is 1.86 bits per heavy atom. The number of rotatable bonds is 6. The van der Waals surface area contributed by atoms with Gasteiger partial charge < -0.3 is 14.2 Å². The summed E-state index contributed by atoms with van der Waals surface area (Å²) in [5.74, 6) is 0. The van der Waals surface area contributed by atoms with Crippen molar-refractivity contribution in [2.75, 3.05) is 26.4 Å². The summed E-state index contributed by atoms with van der Waals surface area (Å²) in [6, 6.07) is 0. The third-order valence-corrected chi connectivity index (χ3v) is 2.32. The normalized spacial score (nSPS) is 19.3. The van der Waals surface area contributed by atoms with Gasteiger partial charge in [0.25, 0.3) is 0 Å². The molecular weight excluding hydrogens is 180 g/mol. The van der Waals surface area contributed by atoms with Crippen molar-refractivity contribution in [1.29, 1.82) is 0 Å². The minimum absolute atomic E-state index is 0.249. The molecule has 0 unspecified atom stereocenters. The third-order valence-electron chi connectivity index (χ3n) is 2.32. The molecule has 14 heavy (non-hydrogen) atoms. The maximum Gasteiger partial charge on any atom is 0.155 e. The molecule has 3 heteroatoms. The summed E-state index contributed by atoms with van der Waals surface area (Å²) in [5.41, 5.74) is -0.249. The highest BCUT2D eigenvalue weighted by molar-refractivity contribution is 4.92. The number of hydrogen-bond donors (Lipinski definition) is 0. The van der Waals surface area contributed by atoms with E-state index in [9.17, 15) is 0 Å². The van der Waals surface area contributed by atoms with Gasteiger partial charge in [-0.3, -0.25) is 0 Å². The molecule has 0 aromatic heterocycles. The Hall–Kier alpha value is -0.540. The summed E-state index contributed by atoms with van der Waals surface area (Å²) in [7, 11) is 0. The summed E-state index contributed by atoms with van der Waals surface area (Å²) < 4.78 is 16.5. The molecule has 0 aromatic carbocycles. The van der Waals surface area contributed by atoms with Crippen molar-refractivity contribution < 1.29 is 14.2 Å². The Bertz CT molecular complexity index is 169. The van der Waals surface area contributed by atoms with Crippen LogP contribution in [-0.4, -0.2) is 32.0 Å². The molecule has 0 saturated carbocycles. The van der Waals surface area contributed by atoms with Crippen LogP contribution in [0.1, 0.15) is 26.7 Å². The van der Waals surface area contributed by atoms with Crippen molar-refractivity contribution in [3.63, 3.8) is 0 Å². The van der Waals surface area contributed by atoms with Crippen LogP contribution in [0.3, 0.4) is 0 Å². The number of allylic oxidation sites excluding steroid dienone is 1. The van der Waals surface area contributed by atoms with E-state index in [1.807, 2.05) is 19.9 Å². The summed E-state index contributed by atoms with van der Waals surface area (Å²) in [6.07, 6.45) is 5.82. The van der Waals surface area contributed by atoms with Crippen LogP contribution in [-0.2, 0) is 14.2 Å². The molecule has 0 aromatic rings. The van der Waals surface area contributed by atoms with Gasteiger partial charge in [0.15, 0.2) is 5.60 Å². The Morgan fingerprint density at radius 3 is 2.29 bits per heavy atom. The Kier molecular flexibility index (Phi) is 4.98. The van der Waals surface area contributed by atoms with Gasteiger partial charge in [0.1, 0.15) is 0 Å². The minimum atomic E-state index is -0.249. The van der Waals surface area contributed by atoms with Crippen LogP contribution in [0.4, 0.5) is 0 Å². The molecule has 1 rings (SSSR count). The molecule has 0 spiro atoms. The van der Waals surface area contributed by atoms with E-state index >= 15 is 0 Å². The van der Waals surface area contributed by atoms with Crippen molar-refractivity contribution in [2.45, 2.75) is 32.3 Å². The summed E-state index contributed by atoms with van der Waals surface area (Å²) in [5, 5.41) is 0. The van der Waals surface area contributed by atoms with Crippen molar-refractivity contribution in [2.24, 2.45) is 0 Å². The lowest BCUT2D eigenvalue weighted by atomic mass is 9.98. The van der Waals surface area contributed by atoms with Gasteiger partial charge in [0, 0.05) is 13.2 Å². The highest BCUT2D eigenvalue weighted by Gasteiger charge is 2.32. The van der Waals surface area contributed by atoms with Crippen LogP contribution in [0.25, 0.3) is 0 Å². The molecular formula is C11H20O3. The van der Waals surface area contributed by atoms with E-state index in [0.717, 1.165) is 26.1 Å². The summed E-state index contributed by atoms with van der Waals surface area (Å²) >= 11 is 0. The molecule has 1 aliphatic heterocycles. The second kappa shape index (κ2) is 6.04. The Balaban J connectivity index is 2.44. The van der Waals surface area contributed by atoms with Crippen LogP contribution < -0.4 is 0 Å². The maximum atomic E-state index is 5.64. The minimum Gasteiger partial charge on any atom is -0.490 e. The zero-order valence-corrected chi connectivity index (χ0v) is 9.12. The summed E-state index contributed by atoms with van der Waals surface area (Å²) in [4.78, 5) is 0. The van der Waals surface area contributed by atoms with Gasteiger partial charge in [-0.05, 0) is 32.8 Å². The lowest BCUT2D eigenvalue weighted by Crippen LogP contribution is -2.42. The average Bonchev–Trinajstić information content (AvgIpc) is 2.25. The fourth-order valence-corrected chi connectivity index (χ4v) is 1.50. The van der Waals surface area contributed by atoms with Crippen molar-refractivity contribution >= 4 is 0 Å². The standard InChI is InChI=1S/C11H20O3/c1-3-12-9-11(10-13-4-2)7-5-6-8-14-11/h6,8H,3-5,7,9-10H2,1-2H3. The molecule has 0 radical (unpaired) electrons. The van der Waals surface area contributed by atoms with Gasteiger partial charge in [-0.25, -0.2) is 0 Å². The van der Waals surface area contributed by atoms with Crippen molar-refractivity contribution in [1.82, 2.24) is 0 Å². The van der Waals surface area contributed by atoms with Crippen molar-refractivity contribution in [3.8, 4) is 0 Å². The maximum absolute atomic E-state index is 5.64. The van der Waals surface area contributed by atoms with Crippen LogP contribution >= 0.6 is 0 Å². The third kappa shape index (κ3) is 3.31. The monoisotopic (exact) mass is 200 g/mol.